The fourth-order valence-corrected chi connectivity index (χ4v) is 12.7. The van der Waals surface area contributed by atoms with Crippen LogP contribution in [-0.4, -0.2) is 27.9 Å². The minimum absolute atomic E-state index is 0.243. The van der Waals surface area contributed by atoms with Gasteiger partial charge in [-0.05, 0) is 169 Å². The molecule has 0 bridgehead atoms. The van der Waals surface area contributed by atoms with E-state index in [0.717, 1.165) is 86.5 Å². The second-order valence-electron chi connectivity index (χ2n) is 19.4. The van der Waals surface area contributed by atoms with Crippen molar-refractivity contribution in [2.45, 2.75) is 98.9 Å². The molecule has 0 fully saturated rings. The fourth-order valence-electron chi connectivity index (χ4n) is 11.8. The summed E-state index contributed by atoms with van der Waals surface area (Å²) in [6.45, 7) is 0. The summed E-state index contributed by atoms with van der Waals surface area (Å²) < 4.78 is 133. The number of rotatable bonds is 10. The third kappa shape index (κ3) is 10.7. The normalized spacial score (nSPS) is 22.1. The van der Waals surface area contributed by atoms with Gasteiger partial charge >= 0.3 is 31.3 Å². The molecule has 6 nitrogen and oxygen atoms in total. The average Bonchev–Trinajstić information content (AvgIpc) is 3.61. The molecule has 10 rings (SSSR count). The first kappa shape index (κ1) is 50.8. The molecule has 0 aromatic heterocycles. The predicted octanol–water partition coefficient (Wildman–Crippen LogP) is 14.5. The fraction of sp³-hybridized carbons (Fsp3) is 0.310. The van der Waals surface area contributed by atoms with E-state index in [1.807, 2.05) is 72.8 Å². The summed E-state index contributed by atoms with van der Waals surface area (Å²) in [6, 6.07) is 50.5. The standard InChI is InChI=1S/2C29H27F3O3S/c2*30-29(31,32)36(33,34)35-26-14-15-27-24(19-26)12-7-13-25-18-23(22-10-5-2-6-11-22)16-17-28(25,27)20-21-8-3-1-4-9-21/h2*1-6,8-11,14-16,19,25H,7,12-13,17-18,20H2/t2*25-,28-/m10/s1. The van der Waals surface area contributed by atoms with Crippen LogP contribution in [0.15, 0.2) is 170 Å². The Labute approximate surface area is 417 Å². The lowest BCUT2D eigenvalue weighted by atomic mass is 9.59. The molecule has 0 saturated heterocycles. The topological polar surface area (TPSA) is 86.7 Å². The van der Waals surface area contributed by atoms with Crippen LogP contribution >= 0.6 is 0 Å². The molecule has 14 heteroatoms. The van der Waals surface area contributed by atoms with E-state index in [4.69, 9.17) is 0 Å². The smallest absolute Gasteiger partial charge is 0.376 e. The van der Waals surface area contributed by atoms with E-state index >= 15 is 0 Å². The quantitative estimate of drug-likeness (QED) is 0.0772. The Morgan fingerprint density at radius 2 is 0.819 bits per heavy atom. The molecule has 6 aromatic rings. The Morgan fingerprint density at radius 1 is 0.472 bits per heavy atom. The van der Waals surface area contributed by atoms with Crippen molar-refractivity contribution in [1.82, 2.24) is 0 Å². The molecule has 0 radical (unpaired) electrons. The van der Waals surface area contributed by atoms with Crippen molar-refractivity contribution in [1.29, 1.82) is 0 Å². The van der Waals surface area contributed by atoms with Crippen LogP contribution in [0.4, 0.5) is 26.3 Å². The highest BCUT2D eigenvalue weighted by atomic mass is 32.2. The van der Waals surface area contributed by atoms with E-state index in [9.17, 15) is 43.2 Å². The summed E-state index contributed by atoms with van der Waals surface area (Å²) in [7, 11) is -11.4. The summed E-state index contributed by atoms with van der Waals surface area (Å²) >= 11 is 0. The number of halogens is 6. The van der Waals surface area contributed by atoms with Gasteiger partial charge in [-0.15, -0.1) is 0 Å². The first-order valence-corrected chi connectivity index (χ1v) is 27.0. The van der Waals surface area contributed by atoms with Gasteiger partial charge in [-0.25, -0.2) is 0 Å². The molecule has 0 spiro atoms. The summed E-state index contributed by atoms with van der Waals surface area (Å²) in [5.41, 5.74) is -0.0648. The van der Waals surface area contributed by atoms with Crippen LogP contribution in [0.25, 0.3) is 11.1 Å². The van der Waals surface area contributed by atoms with E-state index in [1.54, 1.807) is 12.1 Å². The van der Waals surface area contributed by atoms with Gasteiger partial charge in [-0.3, -0.25) is 0 Å². The van der Waals surface area contributed by atoms with Crippen molar-refractivity contribution in [2.75, 3.05) is 0 Å². The molecule has 0 N–H and O–H groups in total. The number of hydrogen-bond donors (Lipinski definition) is 0. The first-order valence-electron chi connectivity index (χ1n) is 24.2. The zero-order chi connectivity index (χ0) is 50.8. The molecule has 72 heavy (non-hydrogen) atoms. The SMILES string of the molecule is O=S(=O)(Oc1ccc2c(c1)CCC[C@@H]1CC(c3ccccc3)=CC[C@]21Cc1ccccc1)C(F)(F)F.O=S(=O)(Oc1ccc2c(c1)CCC[C@H]1CC(c3ccccc3)=CC[C@@]21Cc1ccccc1)C(F)(F)F. The highest BCUT2D eigenvalue weighted by molar-refractivity contribution is 7.88. The molecule has 0 unspecified atom stereocenters. The number of benzene rings is 6. The molecule has 4 aliphatic carbocycles. The Bertz CT molecular complexity index is 2950. The third-order valence-electron chi connectivity index (χ3n) is 15.1. The minimum Gasteiger partial charge on any atom is -0.376 e. The van der Waals surface area contributed by atoms with Gasteiger partial charge in [0.2, 0.25) is 0 Å². The molecule has 4 aliphatic rings. The maximum absolute atomic E-state index is 12.9. The summed E-state index contributed by atoms with van der Waals surface area (Å²) in [5, 5.41) is 0. The number of fused-ring (bicyclic) bond motifs is 6. The van der Waals surface area contributed by atoms with E-state index in [-0.39, 0.29) is 22.3 Å². The van der Waals surface area contributed by atoms with Gasteiger partial charge in [0.25, 0.3) is 0 Å². The second kappa shape index (κ2) is 20.4. The maximum Gasteiger partial charge on any atom is 0.534 e. The van der Waals surface area contributed by atoms with Gasteiger partial charge in [-0.2, -0.15) is 43.2 Å². The van der Waals surface area contributed by atoms with Crippen molar-refractivity contribution in [3.8, 4) is 11.5 Å². The average molecular weight is 1030 g/mol. The van der Waals surface area contributed by atoms with E-state index in [0.29, 0.717) is 24.7 Å². The van der Waals surface area contributed by atoms with Gasteiger partial charge in [0.05, 0.1) is 0 Å². The number of alkyl halides is 6. The summed E-state index contributed by atoms with van der Waals surface area (Å²) in [5.74, 6) is 0.0844. The maximum atomic E-state index is 12.9. The van der Waals surface area contributed by atoms with E-state index in [2.05, 4.69) is 69.0 Å². The minimum atomic E-state index is -5.72. The predicted molar refractivity (Wildman–Crippen MR) is 268 cm³/mol. The van der Waals surface area contributed by atoms with Crippen molar-refractivity contribution in [3.05, 3.63) is 214 Å². The van der Waals surface area contributed by atoms with Crippen LogP contribution in [0.3, 0.4) is 0 Å². The third-order valence-corrected chi connectivity index (χ3v) is 17.1. The number of allylic oxidation sites excluding steroid dienone is 4. The van der Waals surface area contributed by atoms with Gasteiger partial charge in [0.1, 0.15) is 11.5 Å². The van der Waals surface area contributed by atoms with Gasteiger partial charge in [0.15, 0.2) is 0 Å². The highest BCUT2D eigenvalue weighted by Gasteiger charge is 2.51. The zero-order valence-electron chi connectivity index (χ0n) is 39.3. The van der Waals surface area contributed by atoms with Crippen molar-refractivity contribution in [3.63, 3.8) is 0 Å². The largest absolute Gasteiger partial charge is 0.534 e. The lowest BCUT2D eigenvalue weighted by molar-refractivity contribution is -0.0504. The van der Waals surface area contributed by atoms with E-state index in [1.165, 1.54) is 57.7 Å². The second-order valence-corrected chi connectivity index (χ2v) is 22.5. The number of hydrogen-bond acceptors (Lipinski definition) is 6. The number of aryl methyl sites for hydroxylation is 2. The van der Waals surface area contributed by atoms with Crippen LogP contribution in [0.1, 0.15) is 95.9 Å². The lowest BCUT2D eigenvalue weighted by Crippen LogP contribution is -2.39. The molecular weight excluding hydrogens is 971 g/mol. The van der Waals surface area contributed by atoms with Crippen molar-refractivity contribution < 1.29 is 51.5 Å². The van der Waals surface area contributed by atoms with Crippen LogP contribution in [0, 0.1) is 11.8 Å². The molecule has 0 aliphatic heterocycles. The molecule has 6 aromatic carbocycles. The monoisotopic (exact) mass is 1020 g/mol. The van der Waals surface area contributed by atoms with Crippen LogP contribution in [-0.2, 0) is 56.7 Å². The van der Waals surface area contributed by atoms with Crippen LogP contribution in [0.2, 0.25) is 0 Å². The molecule has 0 saturated carbocycles. The Kier molecular flexibility index (Phi) is 14.4. The lowest BCUT2D eigenvalue weighted by Gasteiger charge is -2.44. The Balaban J connectivity index is 0.000000178. The first-order chi connectivity index (χ1) is 34.4. The van der Waals surface area contributed by atoms with Crippen molar-refractivity contribution >= 4 is 31.4 Å². The summed E-state index contributed by atoms with van der Waals surface area (Å²) in [6.07, 6.45) is 14.6. The van der Waals surface area contributed by atoms with Crippen LogP contribution < -0.4 is 8.37 Å². The van der Waals surface area contributed by atoms with Gasteiger partial charge < -0.3 is 8.37 Å². The Morgan fingerprint density at radius 3 is 1.17 bits per heavy atom. The Hall–Kier alpha value is -6.12. The van der Waals surface area contributed by atoms with Crippen LogP contribution in [0.5, 0.6) is 11.5 Å². The highest BCUT2D eigenvalue weighted by Crippen LogP contribution is 2.54. The van der Waals surface area contributed by atoms with Gasteiger partial charge in [-0.1, -0.05) is 146 Å². The molecule has 4 atom stereocenters. The molecular formula is C58H54F6O6S2. The zero-order valence-corrected chi connectivity index (χ0v) is 41.0. The van der Waals surface area contributed by atoms with Crippen molar-refractivity contribution in [2.24, 2.45) is 11.8 Å². The molecule has 376 valence electrons. The summed E-state index contributed by atoms with van der Waals surface area (Å²) in [4.78, 5) is 0. The molecule has 0 heterocycles. The van der Waals surface area contributed by atoms with Gasteiger partial charge in [0, 0.05) is 10.8 Å². The van der Waals surface area contributed by atoms with E-state index < -0.39 is 31.3 Å². The molecule has 0 amide bonds.